The van der Waals surface area contributed by atoms with E-state index in [1.165, 1.54) is 16.4 Å². The summed E-state index contributed by atoms with van der Waals surface area (Å²) >= 11 is 0. The van der Waals surface area contributed by atoms with Crippen molar-refractivity contribution >= 4 is 20.9 Å². The molecule has 0 saturated heterocycles. The smallest absolute Gasteiger partial charge is 0.262 e. The number of benzene rings is 1. The fourth-order valence-electron chi connectivity index (χ4n) is 4.21. The normalized spacial score (nSPS) is 18.3. The third-order valence-corrected chi connectivity index (χ3v) is 7.33. The summed E-state index contributed by atoms with van der Waals surface area (Å²) in [5.74, 6) is 0.536. The molecular formula is C19H21FN4O2S. The zero-order valence-corrected chi connectivity index (χ0v) is 15.7. The molecule has 2 aliphatic heterocycles. The van der Waals surface area contributed by atoms with E-state index in [2.05, 4.69) is 9.97 Å². The molecule has 0 fully saturated rings. The predicted octanol–water partition coefficient (Wildman–Crippen LogP) is 2.98. The minimum Gasteiger partial charge on any atom is -0.358 e. The number of aromatic amines is 1. The first-order valence-corrected chi connectivity index (χ1v) is 10.8. The van der Waals surface area contributed by atoms with Crippen molar-refractivity contribution in [2.45, 2.75) is 50.2 Å². The van der Waals surface area contributed by atoms with Gasteiger partial charge in [0.2, 0.25) is 0 Å². The maximum absolute atomic E-state index is 13.8. The fraction of sp³-hybridized carbons (Fsp3) is 0.421. The van der Waals surface area contributed by atoms with Crippen LogP contribution in [-0.4, -0.2) is 33.8 Å². The summed E-state index contributed by atoms with van der Waals surface area (Å²) in [6.07, 6.45) is 6.06. The molecule has 1 aromatic carbocycles. The number of aromatic nitrogens is 3. The standard InChI is InChI=1S/C19H21FN4O2S/c20-13-6-7-17-14(10-13)15-11-24(9-3-4-16(15)21-17)27(25,26)19-12-23-8-2-1-5-18(23)22-19/h6-7,10,12,21H,1-5,8-9,11H2. The number of sulfonamides is 1. The summed E-state index contributed by atoms with van der Waals surface area (Å²) in [5, 5.41) is 0.894. The maximum atomic E-state index is 13.8. The van der Waals surface area contributed by atoms with Crippen LogP contribution >= 0.6 is 0 Å². The van der Waals surface area contributed by atoms with Crippen LogP contribution in [-0.2, 0) is 36.0 Å². The second-order valence-electron chi connectivity index (χ2n) is 7.36. The molecule has 0 amide bonds. The third kappa shape index (κ3) is 2.78. The van der Waals surface area contributed by atoms with E-state index < -0.39 is 10.0 Å². The van der Waals surface area contributed by atoms with Gasteiger partial charge in [0.25, 0.3) is 10.0 Å². The molecule has 0 saturated carbocycles. The Balaban J connectivity index is 1.54. The minimum absolute atomic E-state index is 0.133. The number of imidazole rings is 1. The Morgan fingerprint density at radius 3 is 2.85 bits per heavy atom. The highest BCUT2D eigenvalue weighted by Crippen LogP contribution is 2.30. The highest BCUT2D eigenvalue weighted by Gasteiger charge is 2.31. The Kier molecular flexibility index (Phi) is 3.87. The largest absolute Gasteiger partial charge is 0.358 e. The van der Waals surface area contributed by atoms with E-state index in [1.807, 2.05) is 4.57 Å². The second-order valence-corrected chi connectivity index (χ2v) is 9.24. The molecule has 2 aromatic heterocycles. The Morgan fingerprint density at radius 1 is 1.11 bits per heavy atom. The van der Waals surface area contributed by atoms with Gasteiger partial charge in [0.15, 0.2) is 5.03 Å². The molecule has 0 atom stereocenters. The fourth-order valence-corrected chi connectivity index (χ4v) is 5.62. The highest BCUT2D eigenvalue weighted by molar-refractivity contribution is 7.89. The first-order chi connectivity index (χ1) is 13.0. The summed E-state index contributed by atoms with van der Waals surface area (Å²) in [4.78, 5) is 7.74. The SMILES string of the molecule is O=S(=O)(c1cn2c(n1)CCCC2)N1CCCc2[nH]c3ccc(F)cc3c2C1. The number of halogens is 1. The zero-order valence-electron chi connectivity index (χ0n) is 14.9. The average molecular weight is 388 g/mol. The molecule has 4 heterocycles. The van der Waals surface area contributed by atoms with Crippen LogP contribution in [0, 0.1) is 5.82 Å². The van der Waals surface area contributed by atoms with Gasteiger partial charge < -0.3 is 9.55 Å². The molecule has 3 aromatic rings. The number of aryl methyl sites for hydroxylation is 3. The Hall–Kier alpha value is -2.19. The molecule has 6 nitrogen and oxygen atoms in total. The van der Waals surface area contributed by atoms with Crippen LogP contribution in [0.3, 0.4) is 0 Å². The number of nitrogens with zero attached hydrogens (tertiary/aromatic N) is 3. The lowest BCUT2D eigenvalue weighted by Gasteiger charge is -2.19. The molecule has 0 unspecified atom stereocenters. The van der Waals surface area contributed by atoms with Gasteiger partial charge in [0.1, 0.15) is 11.6 Å². The topological polar surface area (TPSA) is 71.0 Å². The quantitative estimate of drug-likeness (QED) is 0.734. The lowest BCUT2D eigenvalue weighted by atomic mass is 10.1. The van der Waals surface area contributed by atoms with Crippen molar-refractivity contribution in [1.29, 1.82) is 0 Å². The number of fused-ring (bicyclic) bond motifs is 4. The number of nitrogens with one attached hydrogen (secondary N) is 1. The van der Waals surface area contributed by atoms with E-state index in [0.717, 1.165) is 66.6 Å². The molecule has 0 spiro atoms. The van der Waals surface area contributed by atoms with Crippen molar-refractivity contribution in [3.05, 3.63) is 47.3 Å². The summed E-state index contributed by atoms with van der Waals surface area (Å²) in [5.41, 5.74) is 2.71. The van der Waals surface area contributed by atoms with Crippen molar-refractivity contribution in [2.24, 2.45) is 0 Å². The number of hydrogen-bond donors (Lipinski definition) is 1. The predicted molar refractivity (Wildman–Crippen MR) is 99.3 cm³/mol. The van der Waals surface area contributed by atoms with Crippen molar-refractivity contribution in [3.63, 3.8) is 0 Å². The van der Waals surface area contributed by atoms with Gasteiger partial charge >= 0.3 is 0 Å². The number of H-pyrrole nitrogens is 1. The summed E-state index contributed by atoms with van der Waals surface area (Å²) in [6.45, 7) is 1.50. The third-order valence-electron chi connectivity index (χ3n) is 5.62. The van der Waals surface area contributed by atoms with Gasteiger partial charge in [-0.25, -0.2) is 17.8 Å². The average Bonchev–Trinajstić information content (AvgIpc) is 3.16. The van der Waals surface area contributed by atoms with E-state index in [-0.39, 0.29) is 17.4 Å². The minimum atomic E-state index is -3.69. The van der Waals surface area contributed by atoms with E-state index in [9.17, 15) is 12.8 Å². The van der Waals surface area contributed by atoms with Crippen molar-refractivity contribution in [3.8, 4) is 0 Å². The molecule has 27 heavy (non-hydrogen) atoms. The summed E-state index contributed by atoms with van der Waals surface area (Å²) < 4.78 is 43.7. The Morgan fingerprint density at radius 2 is 2.00 bits per heavy atom. The second kappa shape index (κ2) is 6.17. The van der Waals surface area contributed by atoms with Gasteiger partial charge in [0.05, 0.1) is 0 Å². The van der Waals surface area contributed by atoms with E-state index >= 15 is 0 Å². The zero-order chi connectivity index (χ0) is 18.6. The summed E-state index contributed by atoms with van der Waals surface area (Å²) in [7, 11) is -3.69. The van der Waals surface area contributed by atoms with Crippen molar-refractivity contribution in [1.82, 2.24) is 18.8 Å². The van der Waals surface area contributed by atoms with Crippen LogP contribution in [0.4, 0.5) is 4.39 Å². The van der Waals surface area contributed by atoms with Crippen LogP contribution in [0.2, 0.25) is 0 Å². The maximum Gasteiger partial charge on any atom is 0.262 e. The van der Waals surface area contributed by atoms with Crippen LogP contribution < -0.4 is 0 Å². The molecule has 2 aliphatic rings. The van der Waals surface area contributed by atoms with Crippen molar-refractivity contribution in [2.75, 3.05) is 6.54 Å². The van der Waals surface area contributed by atoms with E-state index in [1.54, 1.807) is 12.3 Å². The van der Waals surface area contributed by atoms with Gasteiger partial charge in [-0.2, -0.15) is 4.31 Å². The highest BCUT2D eigenvalue weighted by atomic mass is 32.2. The van der Waals surface area contributed by atoms with Crippen LogP contribution in [0.1, 0.15) is 36.3 Å². The van der Waals surface area contributed by atoms with Crippen LogP contribution in [0.25, 0.3) is 10.9 Å². The lowest BCUT2D eigenvalue weighted by molar-refractivity contribution is 0.409. The molecule has 142 valence electrons. The molecule has 0 bridgehead atoms. The van der Waals surface area contributed by atoms with Crippen LogP contribution in [0.5, 0.6) is 0 Å². The van der Waals surface area contributed by atoms with E-state index in [4.69, 9.17) is 0 Å². The number of hydrogen-bond acceptors (Lipinski definition) is 3. The van der Waals surface area contributed by atoms with E-state index in [0.29, 0.717) is 6.54 Å². The molecule has 5 rings (SSSR count). The van der Waals surface area contributed by atoms with Gasteiger partial charge in [-0.15, -0.1) is 0 Å². The van der Waals surface area contributed by atoms with Crippen molar-refractivity contribution < 1.29 is 12.8 Å². The summed E-state index contributed by atoms with van der Waals surface area (Å²) in [6, 6.07) is 4.61. The first-order valence-electron chi connectivity index (χ1n) is 9.37. The van der Waals surface area contributed by atoms with Gasteiger partial charge in [-0.3, -0.25) is 0 Å². The van der Waals surface area contributed by atoms with Crippen LogP contribution in [0.15, 0.2) is 29.4 Å². The Labute approximate surface area is 157 Å². The van der Waals surface area contributed by atoms with Gasteiger partial charge in [-0.1, -0.05) is 0 Å². The molecule has 0 aliphatic carbocycles. The molecular weight excluding hydrogens is 367 g/mol. The molecule has 1 N–H and O–H groups in total. The number of rotatable bonds is 2. The van der Waals surface area contributed by atoms with Gasteiger partial charge in [0, 0.05) is 48.8 Å². The monoisotopic (exact) mass is 388 g/mol. The molecule has 0 radical (unpaired) electrons. The first kappa shape index (κ1) is 16.9. The molecule has 8 heteroatoms. The van der Waals surface area contributed by atoms with Gasteiger partial charge in [-0.05, 0) is 49.4 Å². The lowest BCUT2D eigenvalue weighted by Crippen LogP contribution is -2.31. The Bertz CT molecular complexity index is 1110.